The molecule has 1 aliphatic rings. The van der Waals surface area contributed by atoms with Crippen molar-refractivity contribution in [3.05, 3.63) is 0 Å². The zero-order valence-electron chi connectivity index (χ0n) is 12.6. The standard InChI is InChI=1S/C14H27N3O2/c1-12(9-19-4)17(7-8-18-3)11-14(2,10-15)16-13-5-6-13/h12-13,16H,5-9,11H2,1-4H3. The number of ether oxygens (including phenoxy) is 2. The van der Waals surface area contributed by atoms with E-state index in [-0.39, 0.29) is 6.04 Å². The molecule has 0 aromatic rings. The van der Waals surface area contributed by atoms with E-state index in [1.54, 1.807) is 14.2 Å². The zero-order valence-corrected chi connectivity index (χ0v) is 12.6. The van der Waals surface area contributed by atoms with Crippen LogP contribution in [0, 0.1) is 11.3 Å². The molecule has 5 heteroatoms. The van der Waals surface area contributed by atoms with Crippen molar-refractivity contribution in [2.75, 3.05) is 40.5 Å². The number of rotatable bonds is 10. The van der Waals surface area contributed by atoms with E-state index in [1.165, 1.54) is 12.8 Å². The van der Waals surface area contributed by atoms with E-state index < -0.39 is 5.54 Å². The molecule has 0 saturated heterocycles. The van der Waals surface area contributed by atoms with Gasteiger partial charge in [-0.15, -0.1) is 0 Å². The Morgan fingerprint density at radius 2 is 2.11 bits per heavy atom. The molecule has 19 heavy (non-hydrogen) atoms. The molecule has 1 fully saturated rings. The topological polar surface area (TPSA) is 57.5 Å². The highest BCUT2D eigenvalue weighted by Crippen LogP contribution is 2.23. The predicted octanol–water partition coefficient (Wildman–Crippen LogP) is 1.00. The fraction of sp³-hybridized carbons (Fsp3) is 0.929. The summed E-state index contributed by atoms with van der Waals surface area (Å²) in [6, 6.07) is 3.21. The van der Waals surface area contributed by atoms with Gasteiger partial charge in [0.25, 0.3) is 0 Å². The van der Waals surface area contributed by atoms with Gasteiger partial charge in [-0.3, -0.25) is 10.2 Å². The van der Waals surface area contributed by atoms with E-state index in [4.69, 9.17) is 9.47 Å². The summed E-state index contributed by atoms with van der Waals surface area (Å²) in [5.74, 6) is 0. The lowest BCUT2D eigenvalue weighted by molar-refractivity contribution is 0.0635. The fourth-order valence-corrected chi connectivity index (χ4v) is 2.21. The van der Waals surface area contributed by atoms with Crippen molar-refractivity contribution >= 4 is 0 Å². The number of nitrogens with zero attached hydrogens (tertiary/aromatic N) is 2. The molecule has 0 aliphatic heterocycles. The molecule has 0 bridgehead atoms. The highest BCUT2D eigenvalue weighted by molar-refractivity contribution is 5.09. The second-order valence-electron chi connectivity index (χ2n) is 5.63. The van der Waals surface area contributed by atoms with Gasteiger partial charge in [0.2, 0.25) is 0 Å². The first kappa shape index (κ1) is 16.4. The van der Waals surface area contributed by atoms with Crippen LogP contribution in [0.4, 0.5) is 0 Å². The number of nitriles is 1. The molecule has 5 nitrogen and oxygen atoms in total. The number of methoxy groups -OCH3 is 2. The summed E-state index contributed by atoms with van der Waals surface area (Å²) >= 11 is 0. The van der Waals surface area contributed by atoms with Gasteiger partial charge in [0.1, 0.15) is 5.54 Å². The Bertz CT molecular complexity index is 302. The smallest absolute Gasteiger partial charge is 0.116 e. The minimum absolute atomic E-state index is 0.272. The van der Waals surface area contributed by atoms with Crippen LogP contribution in [0.2, 0.25) is 0 Å². The van der Waals surface area contributed by atoms with Gasteiger partial charge in [-0.2, -0.15) is 5.26 Å². The van der Waals surface area contributed by atoms with E-state index in [2.05, 4.69) is 23.2 Å². The Labute approximate surface area is 116 Å². The molecule has 0 heterocycles. The second kappa shape index (κ2) is 7.81. The SMILES string of the molecule is COCCN(CC(C)(C#N)NC1CC1)C(C)COC. The summed E-state index contributed by atoms with van der Waals surface area (Å²) in [6.07, 6.45) is 2.37. The maximum Gasteiger partial charge on any atom is 0.116 e. The van der Waals surface area contributed by atoms with Gasteiger partial charge in [0.15, 0.2) is 0 Å². The van der Waals surface area contributed by atoms with Crippen molar-refractivity contribution in [3.63, 3.8) is 0 Å². The normalized spacial score (nSPS) is 20.0. The Morgan fingerprint density at radius 1 is 1.42 bits per heavy atom. The van der Waals surface area contributed by atoms with Crippen LogP contribution >= 0.6 is 0 Å². The molecule has 2 unspecified atom stereocenters. The van der Waals surface area contributed by atoms with Gasteiger partial charge in [0.05, 0.1) is 19.3 Å². The number of nitrogens with one attached hydrogen (secondary N) is 1. The summed E-state index contributed by atoms with van der Waals surface area (Å²) in [5, 5.41) is 12.9. The molecule has 110 valence electrons. The van der Waals surface area contributed by atoms with Crippen molar-refractivity contribution in [1.29, 1.82) is 5.26 Å². The third-order valence-electron chi connectivity index (χ3n) is 3.48. The third-order valence-corrected chi connectivity index (χ3v) is 3.48. The largest absolute Gasteiger partial charge is 0.383 e. The molecule has 0 amide bonds. The molecule has 0 radical (unpaired) electrons. The second-order valence-corrected chi connectivity index (χ2v) is 5.63. The van der Waals surface area contributed by atoms with Crippen LogP contribution in [0.15, 0.2) is 0 Å². The van der Waals surface area contributed by atoms with Gasteiger partial charge >= 0.3 is 0 Å². The highest BCUT2D eigenvalue weighted by Gasteiger charge is 2.34. The van der Waals surface area contributed by atoms with Gasteiger partial charge in [-0.05, 0) is 26.7 Å². The first-order chi connectivity index (χ1) is 9.04. The van der Waals surface area contributed by atoms with Gasteiger partial charge in [-0.1, -0.05) is 0 Å². The summed E-state index contributed by atoms with van der Waals surface area (Å²) in [5.41, 5.74) is -0.503. The molecule has 0 aromatic carbocycles. The summed E-state index contributed by atoms with van der Waals surface area (Å²) in [6.45, 7) is 6.92. The molecule has 2 atom stereocenters. The molecule has 1 saturated carbocycles. The van der Waals surface area contributed by atoms with Gasteiger partial charge in [0, 0.05) is 39.4 Å². The van der Waals surface area contributed by atoms with Gasteiger partial charge in [-0.25, -0.2) is 0 Å². The first-order valence-electron chi connectivity index (χ1n) is 6.95. The summed E-state index contributed by atoms with van der Waals surface area (Å²) < 4.78 is 10.4. The predicted molar refractivity (Wildman–Crippen MR) is 75.0 cm³/mol. The summed E-state index contributed by atoms with van der Waals surface area (Å²) in [7, 11) is 3.40. The Hall–Kier alpha value is -0.670. The van der Waals surface area contributed by atoms with Crippen molar-refractivity contribution in [3.8, 4) is 6.07 Å². The van der Waals surface area contributed by atoms with Crippen LogP contribution in [-0.4, -0.2) is 63.0 Å². The van der Waals surface area contributed by atoms with E-state index in [9.17, 15) is 5.26 Å². The zero-order chi connectivity index (χ0) is 14.3. The molecule has 0 aromatic heterocycles. The van der Waals surface area contributed by atoms with E-state index in [0.717, 1.165) is 6.54 Å². The minimum atomic E-state index is -0.503. The van der Waals surface area contributed by atoms with Crippen LogP contribution in [-0.2, 0) is 9.47 Å². The highest BCUT2D eigenvalue weighted by atomic mass is 16.5. The maximum atomic E-state index is 9.45. The van der Waals surface area contributed by atoms with E-state index in [1.807, 2.05) is 6.92 Å². The van der Waals surface area contributed by atoms with Crippen LogP contribution in [0.5, 0.6) is 0 Å². The molecular weight excluding hydrogens is 242 g/mol. The van der Waals surface area contributed by atoms with E-state index in [0.29, 0.717) is 25.8 Å². The molecule has 0 spiro atoms. The Balaban J connectivity index is 2.59. The van der Waals surface area contributed by atoms with Crippen LogP contribution < -0.4 is 5.32 Å². The lowest BCUT2D eigenvalue weighted by atomic mass is 10.0. The average molecular weight is 269 g/mol. The quantitative estimate of drug-likeness (QED) is 0.641. The number of hydrogen-bond acceptors (Lipinski definition) is 5. The average Bonchev–Trinajstić information content (AvgIpc) is 3.18. The molecule has 1 aliphatic carbocycles. The molecular formula is C14H27N3O2. The fourth-order valence-electron chi connectivity index (χ4n) is 2.21. The van der Waals surface area contributed by atoms with Crippen LogP contribution in [0.1, 0.15) is 26.7 Å². The lowest BCUT2D eigenvalue weighted by Crippen LogP contribution is -2.54. The molecule has 1 N–H and O–H groups in total. The van der Waals surface area contributed by atoms with Crippen molar-refractivity contribution in [2.24, 2.45) is 0 Å². The van der Waals surface area contributed by atoms with Crippen LogP contribution in [0.3, 0.4) is 0 Å². The van der Waals surface area contributed by atoms with Crippen molar-refractivity contribution in [1.82, 2.24) is 10.2 Å². The Kier molecular flexibility index (Phi) is 6.73. The van der Waals surface area contributed by atoms with Gasteiger partial charge < -0.3 is 9.47 Å². The third kappa shape index (κ3) is 5.87. The van der Waals surface area contributed by atoms with Crippen LogP contribution in [0.25, 0.3) is 0 Å². The Morgan fingerprint density at radius 3 is 2.58 bits per heavy atom. The van der Waals surface area contributed by atoms with Crippen molar-refractivity contribution in [2.45, 2.75) is 44.3 Å². The minimum Gasteiger partial charge on any atom is -0.383 e. The van der Waals surface area contributed by atoms with Crippen molar-refractivity contribution < 1.29 is 9.47 Å². The van der Waals surface area contributed by atoms with E-state index >= 15 is 0 Å². The maximum absolute atomic E-state index is 9.45. The summed E-state index contributed by atoms with van der Waals surface area (Å²) in [4.78, 5) is 2.26. The monoisotopic (exact) mass is 269 g/mol. The first-order valence-corrected chi connectivity index (χ1v) is 6.95. The number of hydrogen-bond donors (Lipinski definition) is 1. The lowest BCUT2D eigenvalue weighted by Gasteiger charge is -2.35. The molecule has 1 rings (SSSR count).